The Kier molecular flexibility index (Phi) is 5.20. The zero-order valence-corrected chi connectivity index (χ0v) is 16.0. The number of amides is 2. The molecule has 1 aromatic heterocycles. The lowest BCUT2D eigenvalue weighted by molar-refractivity contribution is -0.122. The van der Waals surface area contributed by atoms with E-state index in [0.29, 0.717) is 30.2 Å². The number of hydrogen-bond donors (Lipinski definition) is 3. The number of carbonyl (C=O) groups excluding carboxylic acids is 2. The monoisotopic (exact) mass is 387 g/mol. The van der Waals surface area contributed by atoms with E-state index in [4.69, 9.17) is 0 Å². The van der Waals surface area contributed by atoms with Gasteiger partial charge in [0, 0.05) is 29.4 Å². The van der Waals surface area contributed by atoms with E-state index in [0.717, 1.165) is 16.9 Å². The maximum atomic E-state index is 12.3. The van der Waals surface area contributed by atoms with Gasteiger partial charge in [-0.25, -0.2) is 9.97 Å². The third kappa shape index (κ3) is 4.57. The van der Waals surface area contributed by atoms with Gasteiger partial charge in [0.2, 0.25) is 11.8 Å². The predicted octanol–water partition coefficient (Wildman–Crippen LogP) is 3.41. The van der Waals surface area contributed by atoms with Crippen LogP contribution < -0.4 is 16.0 Å². The van der Waals surface area contributed by atoms with Crippen molar-refractivity contribution in [1.29, 1.82) is 0 Å². The van der Waals surface area contributed by atoms with Crippen LogP contribution in [0.3, 0.4) is 0 Å². The molecule has 0 radical (unpaired) electrons. The summed E-state index contributed by atoms with van der Waals surface area (Å²) in [7, 11) is 0. The van der Waals surface area contributed by atoms with Crippen molar-refractivity contribution < 1.29 is 9.59 Å². The summed E-state index contributed by atoms with van der Waals surface area (Å²) in [5, 5.41) is 8.80. The topological polar surface area (TPSA) is 96.0 Å². The van der Waals surface area contributed by atoms with Gasteiger partial charge in [0.15, 0.2) is 0 Å². The average molecular weight is 387 g/mol. The fourth-order valence-corrected chi connectivity index (χ4v) is 3.25. The van der Waals surface area contributed by atoms with Crippen LogP contribution in [-0.4, -0.2) is 27.8 Å². The quantitative estimate of drug-likeness (QED) is 0.623. The summed E-state index contributed by atoms with van der Waals surface area (Å²) in [4.78, 5) is 32.6. The molecule has 1 unspecified atom stereocenters. The van der Waals surface area contributed by atoms with Gasteiger partial charge in [-0.1, -0.05) is 36.4 Å². The number of nitrogens with one attached hydrogen (secondary N) is 3. The second-order valence-electron chi connectivity index (χ2n) is 6.91. The second kappa shape index (κ2) is 8.10. The van der Waals surface area contributed by atoms with E-state index in [1.165, 1.54) is 0 Å². The molecule has 1 fully saturated rings. The molecular formula is C22H21N5O2. The first-order chi connectivity index (χ1) is 14.1. The summed E-state index contributed by atoms with van der Waals surface area (Å²) in [5.74, 6) is 1.03. The molecule has 7 heteroatoms. The van der Waals surface area contributed by atoms with E-state index in [1.807, 2.05) is 61.5 Å². The number of anilines is 3. The predicted molar refractivity (Wildman–Crippen MR) is 112 cm³/mol. The second-order valence-corrected chi connectivity index (χ2v) is 6.91. The summed E-state index contributed by atoms with van der Waals surface area (Å²) in [6, 6.07) is 18.7. The summed E-state index contributed by atoms with van der Waals surface area (Å²) in [6.45, 7) is 1.85. The molecule has 0 spiro atoms. The highest BCUT2D eigenvalue weighted by Crippen LogP contribution is 2.23. The zero-order chi connectivity index (χ0) is 20.2. The maximum Gasteiger partial charge on any atom is 0.246 e. The first-order valence-corrected chi connectivity index (χ1v) is 9.45. The molecular weight excluding hydrogens is 366 g/mol. The molecule has 1 saturated heterocycles. The largest absolute Gasteiger partial charge is 0.344 e. The third-order valence-electron chi connectivity index (χ3n) is 4.62. The SMILES string of the molecule is Cc1nc(Nc2cccc(NC(=O)C3CCC(=O)N3)c2)cc(-c2ccccc2)n1. The minimum Gasteiger partial charge on any atom is -0.344 e. The first-order valence-electron chi connectivity index (χ1n) is 9.45. The number of nitrogens with zero attached hydrogens (tertiary/aromatic N) is 2. The molecule has 0 aliphatic carbocycles. The molecule has 2 amide bonds. The maximum absolute atomic E-state index is 12.3. The van der Waals surface area contributed by atoms with Gasteiger partial charge in [-0.05, 0) is 31.5 Å². The van der Waals surface area contributed by atoms with Crippen LogP contribution in [0.25, 0.3) is 11.3 Å². The lowest BCUT2D eigenvalue weighted by Crippen LogP contribution is -2.37. The van der Waals surface area contributed by atoms with E-state index in [2.05, 4.69) is 25.9 Å². The van der Waals surface area contributed by atoms with Crippen LogP contribution in [-0.2, 0) is 9.59 Å². The number of carbonyl (C=O) groups is 2. The Morgan fingerprint density at radius 3 is 2.59 bits per heavy atom. The minimum absolute atomic E-state index is 0.0890. The molecule has 1 aliphatic rings. The standard InChI is InChI=1S/C22H21N5O2/c1-14-23-19(15-6-3-2-4-7-15)13-20(24-14)25-16-8-5-9-17(12-16)26-22(29)18-10-11-21(28)27-18/h2-9,12-13,18H,10-11H2,1H3,(H,26,29)(H,27,28)(H,23,24,25). The fraction of sp³-hybridized carbons (Fsp3) is 0.182. The molecule has 3 N–H and O–H groups in total. The number of hydrogen-bond acceptors (Lipinski definition) is 5. The minimum atomic E-state index is -0.475. The lowest BCUT2D eigenvalue weighted by atomic mass is 10.1. The Morgan fingerprint density at radius 2 is 1.83 bits per heavy atom. The fourth-order valence-electron chi connectivity index (χ4n) is 3.25. The molecule has 7 nitrogen and oxygen atoms in total. The highest BCUT2D eigenvalue weighted by molar-refractivity contribution is 5.99. The van der Waals surface area contributed by atoms with Gasteiger partial charge in [-0.3, -0.25) is 9.59 Å². The Bertz CT molecular complexity index is 1050. The van der Waals surface area contributed by atoms with Crippen molar-refractivity contribution >= 4 is 29.0 Å². The van der Waals surface area contributed by atoms with Crippen LogP contribution in [0, 0.1) is 6.92 Å². The number of aromatic nitrogens is 2. The van der Waals surface area contributed by atoms with Gasteiger partial charge in [0.25, 0.3) is 0 Å². The van der Waals surface area contributed by atoms with Gasteiger partial charge in [-0.2, -0.15) is 0 Å². The highest BCUT2D eigenvalue weighted by Gasteiger charge is 2.27. The molecule has 4 rings (SSSR count). The van der Waals surface area contributed by atoms with E-state index in [9.17, 15) is 9.59 Å². The summed E-state index contributed by atoms with van der Waals surface area (Å²) >= 11 is 0. The number of benzene rings is 2. The third-order valence-corrected chi connectivity index (χ3v) is 4.62. The Labute approximate surface area is 168 Å². The Balaban J connectivity index is 1.50. The molecule has 29 heavy (non-hydrogen) atoms. The van der Waals surface area contributed by atoms with Gasteiger partial charge < -0.3 is 16.0 Å². The van der Waals surface area contributed by atoms with Crippen molar-refractivity contribution in [3.8, 4) is 11.3 Å². The summed E-state index contributed by atoms with van der Waals surface area (Å²) in [5.41, 5.74) is 3.29. The van der Waals surface area contributed by atoms with Crippen LogP contribution in [0.5, 0.6) is 0 Å². The summed E-state index contributed by atoms with van der Waals surface area (Å²) < 4.78 is 0. The van der Waals surface area contributed by atoms with Crippen molar-refractivity contribution in [2.24, 2.45) is 0 Å². The molecule has 1 atom stereocenters. The van der Waals surface area contributed by atoms with Gasteiger partial charge in [0.05, 0.1) is 5.69 Å². The van der Waals surface area contributed by atoms with Crippen LogP contribution in [0.15, 0.2) is 60.7 Å². The van der Waals surface area contributed by atoms with Crippen molar-refractivity contribution in [2.45, 2.75) is 25.8 Å². The van der Waals surface area contributed by atoms with Gasteiger partial charge in [0.1, 0.15) is 17.7 Å². The van der Waals surface area contributed by atoms with E-state index < -0.39 is 6.04 Å². The van der Waals surface area contributed by atoms with Gasteiger partial charge in [-0.15, -0.1) is 0 Å². The van der Waals surface area contributed by atoms with E-state index >= 15 is 0 Å². The molecule has 0 bridgehead atoms. The zero-order valence-electron chi connectivity index (χ0n) is 16.0. The molecule has 2 aromatic carbocycles. The Hall–Kier alpha value is -3.74. The molecule has 0 saturated carbocycles. The lowest BCUT2D eigenvalue weighted by Gasteiger charge is -2.13. The summed E-state index contributed by atoms with van der Waals surface area (Å²) in [6.07, 6.45) is 0.904. The highest BCUT2D eigenvalue weighted by atomic mass is 16.2. The van der Waals surface area contributed by atoms with Crippen LogP contribution in [0.4, 0.5) is 17.2 Å². The van der Waals surface area contributed by atoms with Crippen LogP contribution in [0.2, 0.25) is 0 Å². The number of aryl methyl sites for hydroxylation is 1. The molecule has 2 heterocycles. The van der Waals surface area contributed by atoms with Crippen molar-refractivity contribution in [1.82, 2.24) is 15.3 Å². The Morgan fingerprint density at radius 1 is 1.03 bits per heavy atom. The smallest absolute Gasteiger partial charge is 0.246 e. The van der Waals surface area contributed by atoms with E-state index in [-0.39, 0.29) is 11.8 Å². The first kappa shape index (κ1) is 18.6. The van der Waals surface area contributed by atoms with Crippen LogP contribution >= 0.6 is 0 Å². The van der Waals surface area contributed by atoms with Gasteiger partial charge >= 0.3 is 0 Å². The normalized spacial score (nSPS) is 15.6. The van der Waals surface area contributed by atoms with Crippen molar-refractivity contribution in [3.63, 3.8) is 0 Å². The van der Waals surface area contributed by atoms with Crippen LogP contribution in [0.1, 0.15) is 18.7 Å². The molecule has 146 valence electrons. The molecule has 1 aliphatic heterocycles. The van der Waals surface area contributed by atoms with E-state index in [1.54, 1.807) is 6.07 Å². The van der Waals surface area contributed by atoms with Crippen molar-refractivity contribution in [3.05, 3.63) is 66.5 Å². The van der Waals surface area contributed by atoms with Crippen molar-refractivity contribution in [2.75, 3.05) is 10.6 Å². The average Bonchev–Trinajstić information content (AvgIpc) is 3.15. The molecule has 3 aromatic rings. The number of rotatable bonds is 5.